The van der Waals surface area contributed by atoms with E-state index in [0.717, 1.165) is 18.5 Å². The van der Waals surface area contributed by atoms with Crippen molar-refractivity contribution < 1.29 is 9.59 Å². The number of hydrogen-bond donors (Lipinski definition) is 1. The van der Waals surface area contributed by atoms with Crippen LogP contribution in [0.1, 0.15) is 40.5 Å². The molecule has 2 aromatic rings. The zero-order valence-electron chi connectivity index (χ0n) is 13.6. The summed E-state index contributed by atoms with van der Waals surface area (Å²) in [6, 6.07) is 16.3. The highest BCUT2D eigenvalue weighted by Crippen LogP contribution is 2.15. The van der Waals surface area contributed by atoms with Gasteiger partial charge >= 0.3 is 0 Å². The van der Waals surface area contributed by atoms with Crippen molar-refractivity contribution in [3.63, 3.8) is 0 Å². The van der Waals surface area contributed by atoms with Gasteiger partial charge in [-0.1, -0.05) is 37.6 Å². The van der Waals surface area contributed by atoms with Crippen LogP contribution in [0.4, 0.5) is 5.69 Å². The molecule has 0 saturated carbocycles. The van der Waals surface area contributed by atoms with Crippen LogP contribution in [0.15, 0.2) is 54.6 Å². The molecule has 0 spiro atoms. The topological polar surface area (TPSA) is 49.4 Å². The molecule has 0 fully saturated rings. The zero-order valence-corrected chi connectivity index (χ0v) is 13.6. The maximum absolute atomic E-state index is 12.6. The number of rotatable bonds is 6. The third-order valence-electron chi connectivity index (χ3n) is 3.64. The Hall–Kier alpha value is -2.62. The molecule has 0 aliphatic rings. The van der Waals surface area contributed by atoms with Crippen molar-refractivity contribution in [1.29, 1.82) is 0 Å². The number of para-hydroxylation sites is 1. The summed E-state index contributed by atoms with van der Waals surface area (Å²) >= 11 is 0. The fraction of sp³-hybridized carbons (Fsp3) is 0.263. The Bertz CT molecular complexity index is 668. The summed E-state index contributed by atoms with van der Waals surface area (Å²) in [6.07, 6.45) is 1.97. The molecule has 4 nitrogen and oxygen atoms in total. The lowest BCUT2D eigenvalue weighted by Gasteiger charge is -2.17. The van der Waals surface area contributed by atoms with Crippen molar-refractivity contribution in [1.82, 2.24) is 5.32 Å². The van der Waals surface area contributed by atoms with E-state index in [-0.39, 0.29) is 11.8 Å². The molecule has 23 heavy (non-hydrogen) atoms. The first-order valence-corrected chi connectivity index (χ1v) is 7.85. The number of amides is 2. The Morgan fingerprint density at radius 2 is 1.70 bits per heavy atom. The van der Waals surface area contributed by atoms with E-state index in [1.54, 1.807) is 36.2 Å². The Morgan fingerprint density at radius 3 is 2.39 bits per heavy atom. The Kier molecular flexibility index (Phi) is 5.92. The second-order valence-corrected chi connectivity index (χ2v) is 5.39. The number of nitrogens with zero attached hydrogens (tertiary/aromatic N) is 1. The van der Waals surface area contributed by atoms with Crippen molar-refractivity contribution in [3.05, 3.63) is 65.7 Å². The van der Waals surface area contributed by atoms with E-state index in [1.807, 2.05) is 30.3 Å². The SMILES string of the molecule is CCCCNC(=O)c1cccc(C(=O)N(C)c2ccccc2)c1. The average Bonchev–Trinajstić information content (AvgIpc) is 2.61. The number of hydrogen-bond acceptors (Lipinski definition) is 2. The Balaban J connectivity index is 2.12. The summed E-state index contributed by atoms with van der Waals surface area (Å²) in [6.45, 7) is 2.72. The van der Waals surface area contributed by atoms with E-state index in [4.69, 9.17) is 0 Å². The van der Waals surface area contributed by atoms with Gasteiger partial charge in [-0.25, -0.2) is 0 Å². The molecule has 2 amide bonds. The smallest absolute Gasteiger partial charge is 0.258 e. The number of benzene rings is 2. The van der Waals surface area contributed by atoms with Crippen molar-refractivity contribution in [2.75, 3.05) is 18.5 Å². The van der Waals surface area contributed by atoms with Gasteiger partial charge in [0.25, 0.3) is 11.8 Å². The van der Waals surface area contributed by atoms with Gasteiger partial charge in [0, 0.05) is 30.4 Å². The molecule has 0 radical (unpaired) electrons. The van der Waals surface area contributed by atoms with E-state index in [0.29, 0.717) is 17.7 Å². The quantitative estimate of drug-likeness (QED) is 0.830. The van der Waals surface area contributed by atoms with E-state index >= 15 is 0 Å². The van der Waals surface area contributed by atoms with Crippen molar-refractivity contribution in [2.24, 2.45) is 0 Å². The van der Waals surface area contributed by atoms with Gasteiger partial charge in [0.05, 0.1) is 0 Å². The molecular formula is C19H22N2O2. The predicted molar refractivity (Wildman–Crippen MR) is 92.9 cm³/mol. The summed E-state index contributed by atoms with van der Waals surface area (Å²) in [7, 11) is 1.73. The number of carbonyl (C=O) groups excluding carboxylic acids is 2. The highest BCUT2D eigenvalue weighted by atomic mass is 16.2. The third-order valence-corrected chi connectivity index (χ3v) is 3.64. The van der Waals surface area contributed by atoms with Gasteiger partial charge in [-0.05, 0) is 36.8 Å². The van der Waals surface area contributed by atoms with E-state index in [2.05, 4.69) is 12.2 Å². The predicted octanol–water partition coefficient (Wildman–Crippen LogP) is 3.49. The first-order valence-electron chi connectivity index (χ1n) is 7.85. The first kappa shape index (κ1) is 16.7. The van der Waals surface area contributed by atoms with Crippen LogP contribution in [0.25, 0.3) is 0 Å². The molecular weight excluding hydrogens is 288 g/mol. The second kappa shape index (κ2) is 8.13. The van der Waals surface area contributed by atoms with Gasteiger partial charge in [0.1, 0.15) is 0 Å². The van der Waals surface area contributed by atoms with E-state index in [1.165, 1.54) is 0 Å². The van der Waals surface area contributed by atoms with Crippen LogP contribution in [0, 0.1) is 0 Å². The van der Waals surface area contributed by atoms with Gasteiger partial charge in [-0.2, -0.15) is 0 Å². The summed E-state index contributed by atoms with van der Waals surface area (Å²) in [5.74, 6) is -0.283. The monoisotopic (exact) mass is 310 g/mol. The standard InChI is InChI=1S/C19H22N2O2/c1-3-4-13-20-18(22)15-9-8-10-16(14-15)19(23)21(2)17-11-6-5-7-12-17/h5-12,14H,3-4,13H2,1-2H3,(H,20,22). The second-order valence-electron chi connectivity index (χ2n) is 5.39. The lowest BCUT2D eigenvalue weighted by Crippen LogP contribution is -2.27. The first-order chi connectivity index (χ1) is 11.1. The van der Waals surface area contributed by atoms with Gasteiger partial charge in [0.15, 0.2) is 0 Å². The van der Waals surface area contributed by atoms with Crippen LogP contribution in [0.5, 0.6) is 0 Å². The lowest BCUT2D eigenvalue weighted by molar-refractivity contribution is 0.0953. The number of unbranched alkanes of at least 4 members (excludes halogenated alkanes) is 1. The maximum atomic E-state index is 12.6. The van der Waals surface area contributed by atoms with Crippen LogP contribution >= 0.6 is 0 Å². The van der Waals surface area contributed by atoms with E-state index in [9.17, 15) is 9.59 Å². The van der Waals surface area contributed by atoms with Crippen molar-refractivity contribution in [3.8, 4) is 0 Å². The average molecular weight is 310 g/mol. The molecule has 2 aromatic carbocycles. The van der Waals surface area contributed by atoms with Crippen LogP contribution in [-0.4, -0.2) is 25.4 Å². The van der Waals surface area contributed by atoms with Crippen molar-refractivity contribution >= 4 is 17.5 Å². The maximum Gasteiger partial charge on any atom is 0.258 e. The molecule has 120 valence electrons. The largest absolute Gasteiger partial charge is 0.352 e. The Labute approximate surface area is 137 Å². The Morgan fingerprint density at radius 1 is 1.00 bits per heavy atom. The highest BCUT2D eigenvalue weighted by molar-refractivity contribution is 6.07. The highest BCUT2D eigenvalue weighted by Gasteiger charge is 2.15. The molecule has 1 N–H and O–H groups in total. The molecule has 0 aliphatic heterocycles. The summed E-state index contributed by atoms with van der Waals surface area (Å²) in [4.78, 5) is 26.3. The normalized spacial score (nSPS) is 10.2. The molecule has 4 heteroatoms. The molecule has 0 saturated heterocycles. The summed E-state index contributed by atoms with van der Waals surface area (Å²) in [5, 5.41) is 2.86. The minimum absolute atomic E-state index is 0.139. The van der Waals surface area contributed by atoms with Gasteiger partial charge < -0.3 is 10.2 Å². The molecule has 0 bridgehead atoms. The van der Waals surface area contributed by atoms with Crippen molar-refractivity contribution in [2.45, 2.75) is 19.8 Å². The van der Waals surface area contributed by atoms with Crippen LogP contribution in [0.2, 0.25) is 0 Å². The zero-order chi connectivity index (χ0) is 16.7. The molecule has 0 unspecified atom stereocenters. The third kappa shape index (κ3) is 4.42. The molecule has 0 heterocycles. The summed E-state index contributed by atoms with van der Waals surface area (Å²) < 4.78 is 0. The van der Waals surface area contributed by atoms with Gasteiger partial charge in [-0.15, -0.1) is 0 Å². The molecule has 0 aliphatic carbocycles. The van der Waals surface area contributed by atoms with Crippen LogP contribution < -0.4 is 10.2 Å². The van der Waals surface area contributed by atoms with Gasteiger partial charge in [-0.3, -0.25) is 9.59 Å². The van der Waals surface area contributed by atoms with Gasteiger partial charge in [0.2, 0.25) is 0 Å². The lowest BCUT2D eigenvalue weighted by atomic mass is 10.1. The summed E-state index contributed by atoms with van der Waals surface area (Å²) in [5.41, 5.74) is 1.82. The molecule has 0 atom stereocenters. The minimum Gasteiger partial charge on any atom is -0.352 e. The minimum atomic E-state index is -0.143. The van der Waals surface area contributed by atoms with Crippen LogP contribution in [0.3, 0.4) is 0 Å². The molecule has 2 rings (SSSR count). The number of anilines is 1. The molecule has 0 aromatic heterocycles. The fourth-order valence-electron chi connectivity index (χ4n) is 2.24. The number of carbonyl (C=O) groups is 2. The van der Waals surface area contributed by atoms with Crippen LogP contribution in [-0.2, 0) is 0 Å². The number of nitrogens with one attached hydrogen (secondary N) is 1. The fourth-order valence-corrected chi connectivity index (χ4v) is 2.24. The van der Waals surface area contributed by atoms with E-state index < -0.39 is 0 Å².